The fourth-order valence-corrected chi connectivity index (χ4v) is 7.18. The van der Waals surface area contributed by atoms with Gasteiger partial charge in [-0.2, -0.15) is 0 Å². The molecule has 12 N–H and O–H groups in total. The molecule has 61 heavy (non-hydrogen) atoms. The molecule has 0 spiro atoms. The second-order valence-corrected chi connectivity index (χ2v) is 16.0. The first kappa shape index (κ1) is 53.2. The maximum Gasteiger partial charge on any atom is 0.421 e. The minimum absolute atomic E-state index is 0.000829. The second-order valence-electron chi connectivity index (χ2n) is 13.4. The molecule has 1 rings (SSSR count). The first-order valence-electron chi connectivity index (χ1n) is 18.8. The smallest absolute Gasteiger partial charge is 0.421 e. The maximum atomic E-state index is 13.4. The van der Waals surface area contributed by atoms with E-state index in [2.05, 4.69) is 32.1 Å². The Morgan fingerprint density at radius 2 is 1.20 bits per heavy atom. The van der Waals surface area contributed by atoms with E-state index in [9.17, 15) is 63.3 Å². The van der Waals surface area contributed by atoms with Crippen molar-refractivity contribution < 1.29 is 73.1 Å². The third-order valence-corrected chi connectivity index (χ3v) is 10.6. The van der Waals surface area contributed by atoms with Gasteiger partial charge in [0.2, 0.25) is 23.6 Å². The third kappa shape index (κ3) is 24.8. The Morgan fingerprint density at radius 3 is 1.77 bits per heavy atom. The molecule has 340 valence electrons. The van der Waals surface area contributed by atoms with Crippen LogP contribution in [0.25, 0.3) is 0 Å². The van der Waals surface area contributed by atoms with Gasteiger partial charge in [-0.3, -0.25) is 34.2 Å². The zero-order valence-electron chi connectivity index (χ0n) is 33.7. The van der Waals surface area contributed by atoms with Gasteiger partial charge in [0.1, 0.15) is 30.8 Å². The van der Waals surface area contributed by atoms with Crippen LogP contribution in [0.3, 0.4) is 0 Å². The number of nitrogens with one attached hydrogen (secondary N) is 8. The van der Waals surface area contributed by atoms with Crippen molar-refractivity contribution in [2.45, 2.75) is 101 Å². The minimum atomic E-state index is -1.62. The molecular formula is C36H54N8O15S2. The molecule has 7 amide bonds. The lowest BCUT2D eigenvalue weighted by Crippen LogP contribution is -2.56. The van der Waals surface area contributed by atoms with Gasteiger partial charge in [0.05, 0.1) is 6.42 Å². The molecular weight excluding hydrogens is 849 g/mol. The number of carbonyl (C=O) groups is 10. The predicted molar refractivity (Wildman–Crippen MR) is 220 cm³/mol. The van der Waals surface area contributed by atoms with Crippen LogP contribution in [0.4, 0.5) is 9.59 Å². The molecule has 0 fully saturated rings. The fourth-order valence-electron chi connectivity index (χ4n) is 5.07. The number of hydrogen-bond donors (Lipinski definition) is 12. The Labute approximate surface area is 358 Å². The molecule has 0 aliphatic heterocycles. The highest BCUT2D eigenvalue weighted by molar-refractivity contribution is 8.76. The van der Waals surface area contributed by atoms with Crippen LogP contribution in [-0.4, -0.2) is 141 Å². The van der Waals surface area contributed by atoms with E-state index in [1.165, 1.54) is 35.6 Å². The van der Waals surface area contributed by atoms with E-state index < -0.39 is 122 Å². The molecule has 0 bridgehead atoms. The summed E-state index contributed by atoms with van der Waals surface area (Å²) < 4.78 is 4.95. The second kappa shape index (κ2) is 29.4. The zero-order chi connectivity index (χ0) is 45.9. The van der Waals surface area contributed by atoms with Gasteiger partial charge >= 0.3 is 36.0 Å². The van der Waals surface area contributed by atoms with Crippen LogP contribution < -0.4 is 42.8 Å². The van der Waals surface area contributed by atoms with E-state index in [0.29, 0.717) is 17.1 Å². The van der Waals surface area contributed by atoms with Gasteiger partial charge in [0.15, 0.2) is 0 Å². The van der Waals surface area contributed by atoms with E-state index >= 15 is 0 Å². The van der Waals surface area contributed by atoms with E-state index in [-0.39, 0.29) is 31.9 Å². The first-order chi connectivity index (χ1) is 28.8. The fraction of sp³-hybridized carbons (Fsp3) is 0.556. The van der Waals surface area contributed by atoms with E-state index in [0.717, 1.165) is 0 Å². The summed E-state index contributed by atoms with van der Waals surface area (Å²) >= 11 is 0. The number of hydrogen-bond acceptors (Lipinski definition) is 14. The monoisotopic (exact) mass is 902 g/mol. The van der Waals surface area contributed by atoms with Gasteiger partial charge in [0.25, 0.3) is 0 Å². The van der Waals surface area contributed by atoms with Gasteiger partial charge < -0.3 is 57.1 Å². The SMILES string of the molecule is CNNC(=O)OCCSSC[C@H](C)NC(=O)[C@@H](Cc1ccccc1)NC(=O)[C@H](CC(=O)O)NC(=O)CC[C@@H](C)NC(=O)CC[C@H](NC(=O)N[C@@H](CCC(=O)O)C(=O)O)C(=O)O. The number of carboxylic acid groups (broad SMARTS) is 4. The Morgan fingerprint density at radius 1 is 0.623 bits per heavy atom. The average molecular weight is 903 g/mol. The third-order valence-electron chi connectivity index (χ3n) is 8.09. The number of aliphatic carboxylic acids is 4. The van der Waals surface area contributed by atoms with Crippen LogP contribution in [0.1, 0.15) is 64.4 Å². The van der Waals surface area contributed by atoms with Crippen LogP contribution in [0.15, 0.2) is 30.3 Å². The van der Waals surface area contributed by atoms with Crippen LogP contribution in [-0.2, 0) is 49.5 Å². The number of benzene rings is 1. The number of hydrazine groups is 1. The van der Waals surface area contributed by atoms with Crippen LogP contribution in [0.5, 0.6) is 0 Å². The summed E-state index contributed by atoms with van der Waals surface area (Å²) in [4.78, 5) is 121. The summed E-state index contributed by atoms with van der Waals surface area (Å²) in [5.74, 6) is -7.74. The highest BCUT2D eigenvalue weighted by atomic mass is 33.1. The van der Waals surface area contributed by atoms with E-state index in [4.69, 9.17) is 9.84 Å². The summed E-state index contributed by atoms with van der Waals surface area (Å²) in [5.41, 5.74) is 5.41. The van der Waals surface area contributed by atoms with Crippen molar-refractivity contribution in [2.75, 3.05) is 25.2 Å². The zero-order valence-corrected chi connectivity index (χ0v) is 35.4. The molecule has 0 aliphatic carbocycles. The number of rotatable bonds is 30. The molecule has 0 unspecified atom stereocenters. The van der Waals surface area contributed by atoms with Crippen molar-refractivity contribution in [1.82, 2.24) is 42.8 Å². The highest BCUT2D eigenvalue weighted by Crippen LogP contribution is 2.21. The van der Waals surface area contributed by atoms with Crippen molar-refractivity contribution in [3.8, 4) is 0 Å². The first-order valence-corrected chi connectivity index (χ1v) is 21.3. The molecule has 25 heteroatoms. The van der Waals surface area contributed by atoms with Crippen molar-refractivity contribution >= 4 is 81.2 Å². The molecule has 0 saturated heterocycles. The quantitative estimate of drug-likeness (QED) is 0.0264. The van der Waals surface area contributed by atoms with E-state index in [1.807, 2.05) is 10.6 Å². The lowest BCUT2D eigenvalue weighted by atomic mass is 10.0. The lowest BCUT2D eigenvalue weighted by Gasteiger charge is -2.24. The van der Waals surface area contributed by atoms with Crippen LogP contribution in [0, 0.1) is 0 Å². The van der Waals surface area contributed by atoms with Gasteiger partial charge in [0, 0.05) is 56.3 Å². The average Bonchev–Trinajstić information content (AvgIpc) is 3.18. The predicted octanol–water partition coefficient (Wildman–Crippen LogP) is -0.444. The Kier molecular flexibility index (Phi) is 25.6. The van der Waals surface area contributed by atoms with Crippen molar-refractivity contribution in [1.29, 1.82) is 0 Å². The minimum Gasteiger partial charge on any atom is -0.481 e. The van der Waals surface area contributed by atoms with Gasteiger partial charge in [-0.1, -0.05) is 51.9 Å². The van der Waals surface area contributed by atoms with Gasteiger partial charge in [-0.15, -0.1) is 0 Å². The molecule has 0 aromatic heterocycles. The topological polar surface area (TPSA) is 357 Å². The number of ether oxygens (including phenoxy) is 1. The normalized spacial score (nSPS) is 13.6. The summed E-state index contributed by atoms with van der Waals surface area (Å²) in [5, 5.41) is 51.3. The summed E-state index contributed by atoms with van der Waals surface area (Å²) in [6.45, 7) is 3.44. The van der Waals surface area contributed by atoms with Crippen molar-refractivity contribution in [3.63, 3.8) is 0 Å². The molecule has 1 aromatic carbocycles. The Balaban J connectivity index is 2.77. The number of carboxylic acids is 4. The van der Waals surface area contributed by atoms with Crippen LogP contribution >= 0.6 is 21.6 Å². The van der Waals surface area contributed by atoms with Gasteiger partial charge in [-0.05, 0) is 38.7 Å². The van der Waals surface area contributed by atoms with Crippen molar-refractivity contribution in [2.24, 2.45) is 0 Å². The van der Waals surface area contributed by atoms with Crippen LogP contribution in [0.2, 0.25) is 0 Å². The molecule has 0 aliphatic rings. The lowest BCUT2D eigenvalue weighted by molar-refractivity contribution is -0.142. The number of urea groups is 1. The summed E-state index contributed by atoms with van der Waals surface area (Å²) in [6, 6.07) is 0.505. The maximum absolute atomic E-state index is 13.4. The number of amides is 7. The number of carbonyl (C=O) groups excluding carboxylic acids is 6. The van der Waals surface area contributed by atoms with Crippen molar-refractivity contribution in [3.05, 3.63) is 35.9 Å². The molecule has 6 atom stereocenters. The molecule has 0 radical (unpaired) electrons. The molecule has 0 saturated carbocycles. The Bertz CT molecular complexity index is 1660. The van der Waals surface area contributed by atoms with E-state index in [1.54, 1.807) is 37.3 Å². The standard InChI is InChI=1S/C36H54N8O15S2/c1-20(38-27(45)13-10-23(33(53)54)42-35(57)43-24(34(55)56)11-14-29(47)48)9-12-28(46)40-26(18-30(49)50)32(52)41-25(17-22-7-5-4-6-8-22)31(51)39-21(2)19-61-60-16-15-59-36(58)44-37-3/h4-8,20-21,23-26,37H,9-19H2,1-3H3,(H,38,45)(H,39,51)(H,40,46)(H,41,52)(H,44,58)(H,47,48)(H,49,50)(H,53,54)(H,55,56)(H2,42,43,57)/t20-,21+,23+,24+,25-,26+/m1/s1. The Hall–Kier alpha value is -5.82. The molecule has 0 heterocycles. The summed E-state index contributed by atoms with van der Waals surface area (Å²) in [7, 11) is 4.36. The largest absolute Gasteiger partial charge is 0.481 e. The van der Waals surface area contributed by atoms with Gasteiger partial charge in [-0.25, -0.2) is 24.6 Å². The highest BCUT2D eigenvalue weighted by Gasteiger charge is 2.30. The molecule has 23 nitrogen and oxygen atoms in total. The molecule has 1 aromatic rings. The summed E-state index contributed by atoms with van der Waals surface area (Å²) in [6.07, 6.45) is -3.55.